The molecule has 0 aliphatic carbocycles. The average Bonchev–Trinajstić information content (AvgIpc) is 3.07. The van der Waals surface area contributed by atoms with E-state index in [0.717, 1.165) is 0 Å². The van der Waals surface area contributed by atoms with Crippen LogP contribution in [0.25, 0.3) is 0 Å². The van der Waals surface area contributed by atoms with Crippen LogP contribution >= 0.6 is 0 Å². The number of amides is 3. The highest BCUT2D eigenvalue weighted by atomic mass is 16.5. The number of benzene rings is 1. The van der Waals surface area contributed by atoms with E-state index in [2.05, 4.69) is 15.6 Å². The predicted octanol–water partition coefficient (Wildman–Crippen LogP) is 1.88. The molecule has 7 heteroatoms. The fourth-order valence-corrected chi connectivity index (χ4v) is 2.85. The second-order valence-corrected chi connectivity index (χ2v) is 5.74. The minimum Gasteiger partial charge on any atom is -0.487 e. The lowest BCUT2D eigenvalue weighted by molar-refractivity contribution is -0.124. The monoisotopic (exact) mass is 340 g/mol. The van der Waals surface area contributed by atoms with Gasteiger partial charge in [0.2, 0.25) is 5.91 Å². The van der Waals surface area contributed by atoms with Crippen LogP contribution in [-0.4, -0.2) is 47.6 Å². The molecular weight excluding hydrogens is 320 g/mol. The van der Waals surface area contributed by atoms with Crippen molar-refractivity contribution in [1.82, 2.24) is 15.2 Å². The zero-order valence-corrected chi connectivity index (χ0v) is 13.9. The summed E-state index contributed by atoms with van der Waals surface area (Å²) in [5, 5.41) is 5.43. The first-order chi connectivity index (χ1) is 12.2. The third kappa shape index (κ3) is 4.06. The second kappa shape index (κ2) is 7.65. The van der Waals surface area contributed by atoms with E-state index in [1.165, 1.54) is 4.90 Å². The highest BCUT2D eigenvalue weighted by Crippen LogP contribution is 2.24. The molecule has 1 aromatic heterocycles. The Morgan fingerprint density at radius 3 is 2.68 bits per heavy atom. The van der Waals surface area contributed by atoms with Gasteiger partial charge in [0.05, 0.1) is 12.7 Å². The number of hydrogen-bond acceptors (Lipinski definition) is 4. The van der Waals surface area contributed by atoms with E-state index in [1.54, 1.807) is 43.7 Å². The number of nitrogens with zero attached hydrogens (tertiary/aromatic N) is 2. The Morgan fingerprint density at radius 2 is 2.00 bits per heavy atom. The molecule has 0 bridgehead atoms. The molecule has 2 aromatic rings. The number of carbonyl (C=O) groups excluding carboxylic acids is 2. The van der Waals surface area contributed by atoms with E-state index in [9.17, 15) is 9.59 Å². The number of carbonyl (C=O) groups is 2. The molecule has 2 N–H and O–H groups in total. The molecule has 3 amide bonds. The van der Waals surface area contributed by atoms with Gasteiger partial charge in [-0.25, -0.2) is 4.79 Å². The zero-order chi connectivity index (χ0) is 17.6. The highest BCUT2D eigenvalue weighted by molar-refractivity contribution is 5.94. The fraction of sp³-hybridized carbons (Fsp3) is 0.278. The van der Waals surface area contributed by atoms with E-state index in [1.807, 2.05) is 18.2 Å². The van der Waals surface area contributed by atoms with Crippen molar-refractivity contribution in [1.29, 1.82) is 0 Å². The van der Waals surface area contributed by atoms with Crippen LogP contribution in [-0.2, 0) is 4.79 Å². The zero-order valence-electron chi connectivity index (χ0n) is 13.9. The Morgan fingerprint density at radius 1 is 1.20 bits per heavy atom. The van der Waals surface area contributed by atoms with Crippen LogP contribution in [0.5, 0.6) is 5.75 Å². The normalized spacial score (nSPS) is 19.3. The predicted molar refractivity (Wildman–Crippen MR) is 93.3 cm³/mol. The maximum Gasteiger partial charge on any atom is 0.322 e. The third-order valence-corrected chi connectivity index (χ3v) is 4.03. The van der Waals surface area contributed by atoms with Gasteiger partial charge in [-0.05, 0) is 24.3 Å². The summed E-state index contributed by atoms with van der Waals surface area (Å²) < 4.78 is 5.87. The van der Waals surface area contributed by atoms with Crippen molar-refractivity contribution in [2.24, 2.45) is 0 Å². The summed E-state index contributed by atoms with van der Waals surface area (Å²) in [6.07, 6.45) is 3.43. The Labute approximate surface area is 146 Å². The number of ether oxygens (including phenoxy) is 1. The Bertz CT molecular complexity index is 724. The number of nitrogens with one attached hydrogen (secondary N) is 2. The van der Waals surface area contributed by atoms with Gasteiger partial charge in [0, 0.05) is 25.4 Å². The molecule has 7 nitrogen and oxygen atoms in total. The topological polar surface area (TPSA) is 83.6 Å². The van der Waals surface area contributed by atoms with Crippen LogP contribution < -0.4 is 15.4 Å². The lowest BCUT2D eigenvalue weighted by Crippen LogP contribution is -2.46. The molecule has 0 spiro atoms. The first-order valence-electron chi connectivity index (χ1n) is 8.08. The Balaban J connectivity index is 1.71. The van der Waals surface area contributed by atoms with Crippen molar-refractivity contribution in [3.8, 4) is 5.75 Å². The van der Waals surface area contributed by atoms with Gasteiger partial charge >= 0.3 is 6.03 Å². The van der Waals surface area contributed by atoms with Crippen molar-refractivity contribution in [2.75, 3.05) is 18.9 Å². The molecule has 2 atom stereocenters. The smallest absolute Gasteiger partial charge is 0.322 e. The van der Waals surface area contributed by atoms with Crippen molar-refractivity contribution in [3.05, 3.63) is 54.9 Å². The number of aromatic nitrogens is 1. The van der Waals surface area contributed by atoms with Crippen LogP contribution in [0.1, 0.15) is 6.42 Å². The molecule has 0 radical (unpaired) electrons. The maximum atomic E-state index is 12.6. The van der Waals surface area contributed by atoms with Gasteiger partial charge in [-0.1, -0.05) is 18.2 Å². The van der Waals surface area contributed by atoms with E-state index in [0.29, 0.717) is 24.4 Å². The molecule has 1 aliphatic heterocycles. The molecule has 0 unspecified atom stereocenters. The molecular formula is C18H20N4O3. The number of likely N-dealkylation sites (tertiary alicyclic amines) is 1. The number of rotatable bonds is 4. The molecule has 1 aliphatic rings. The fourth-order valence-electron chi connectivity index (χ4n) is 2.85. The number of hydrogen-bond donors (Lipinski definition) is 2. The van der Waals surface area contributed by atoms with Crippen molar-refractivity contribution >= 4 is 17.6 Å². The molecule has 130 valence electrons. The third-order valence-electron chi connectivity index (χ3n) is 4.03. The Kier molecular flexibility index (Phi) is 5.13. The highest BCUT2D eigenvalue weighted by Gasteiger charge is 2.40. The number of urea groups is 1. The molecule has 0 saturated carbocycles. The summed E-state index contributed by atoms with van der Waals surface area (Å²) in [6.45, 7) is 0.325. The molecule has 3 rings (SSSR count). The average molecular weight is 340 g/mol. The molecule has 25 heavy (non-hydrogen) atoms. The van der Waals surface area contributed by atoms with Crippen LogP contribution in [0, 0.1) is 0 Å². The van der Waals surface area contributed by atoms with Crippen molar-refractivity contribution in [3.63, 3.8) is 0 Å². The number of likely N-dealkylation sites (N-methyl/N-ethyl adjacent to an activating group) is 1. The van der Waals surface area contributed by atoms with Gasteiger partial charge in [-0.3, -0.25) is 9.78 Å². The van der Waals surface area contributed by atoms with E-state index in [4.69, 9.17) is 4.74 Å². The first kappa shape index (κ1) is 16.8. The number of anilines is 1. The standard InChI is InChI=1S/C18H20N4O3/c1-19-17(23)16-10-15(25-14-8-5-9-20-11-14)12-22(16)18(24)21-13-6-3-2-4-7-13/h2-9,11,15-16H,10,12H2,1H3,(H,19,23)(H,21,24)/t15-,16-/m0/s1. The van der Waals surface area contributed by atoms with E-state index >= 15 is 0 Å². The van der Waals surface area contributed by atoms with Crippen LogP contribution in [0.15, 0.2) is 54.9 Å². The van der Waals surface area contributed by atoms with Gasteiger partial charge in [-0.2, -0.15) is 0 Å². The quantitative estimate of drug-likeness (QED) is 0.890. The summed E-state index contributed by atoms with van der Waals surface area (Å²) in [7, 11) is 1.56. The number of para-hydroxylation sites is 1. The molecule has 1 saturated heterocycles. The lowest BCUT2D eigenvalue weighted by Gasteiger charge is -2.23. The van der Waals surface area contributed by atoms with Crippen LogP contribution in [0.4, 0.5) is 10.5 Å². The van der Waals surface area contributed by atoms with Gasteiger partial charge in [0.25, 0.3) is 0 Å². The van der Waals surface area contributed by atoms with E-state index in [-0.39, 0.29) is 18.0 Å². The van der Waals surface area contributed by atoms with Crippen LogP contribution in [0.3, 0.4) is 0 Å². The summed E-state index contributed by atoms with van der Waals surface area (Å²) in [5.41, 5.74) is 0.680. The van der Waals surface area contributed by atoms with E-state index < -0.39 is 6.04 Å². The second-order valence-electron chi connectivity index (χ2n) is 5.74. The summed E-state index contributed by atoms with van der Waals surface area (Å²) in [5.74, 6) is 0.411. The lowest BCUT2D eigenvalue weighted by atomic mass is 10.2. The van der Waals surface area contributed by atoms with Gasteiger partial charge in [0.1, 0.15) is 17.9 Å². The summed E-state index contributed by atoms with van der Waals surface area (Å²) in [6, 6.07) is 11.8. The van der Waals surface area contributed by atoms with Gasteiger partial charge in [-0.15, -0.1) is 0 Å². The first-order valence-corrected chi connectivity index (χ1v) is 8.08. The maximum absolute atomic E-state index is 12.6. The molecule has 1 fully saturated rings. The number of pyridine rings is 1. The van der Waals surface area contributed by atoms with Gasteiger partial charge < -0.3 is 20.3 Å². The summed E-state index contributed by atoms with van der Waals surface area (Å²) in [4.78, 5) is 30.3. The molecule has 2 heterocycles. The molecule has 1 aromatic carbocycles. The largest absolute Gasteiger partial charge is 0.487 e. The SMILES string of the molecule is CNC(=O)[C@@H]1C[C@H](Oc2cccnc2)CN1C(=O)Nc1ccccc1. The summed E-state index contributed by atoms with van der Waals surface area (Å²) >= 11 is 0. The minimum atomic E-state index is -0.574. The van der Waals surface area contributed by atoms with Crippen molar-refractivity contribution < 1.29 is 14.3 Å². The van der Waals surface area contributed by atoms with Crippen LogP contribution in [0.2, 0.25) is 0 Å². The van der Waals surface area contributed by atoms with Crippen molar-refractivity contribution in [2.45, 2.75) is 18.6 Å². The van der Waals surface area contributed by atoms with Gasteiger partial charge in [0.15, 0.2) is 0 Å². The Hall–Kier alpha value is -3.09. The minimum absolute atomic E-state index is 0.208.